The fraction of sp³-hybridized carbons (Fsp3) is 0.111. The third-order valence-electron chi connectivity index (χ3n) is 3.71. The fourth-order valence-electron chi connectivity index (χ4n) is 2.47. The second kappa shape index (κ2) is 5.58. The normalized spacial score (nSPS) is 12.3. The van der Waals surface area contributed by atoms with Crippen LogP contribution in [0.15, 0.2) is 54.7 Å². The minimum absolute atomic E-state index is 0.362. The van der Waals surface area contributed by atoms with Gasteiger partial charge in [-0.15, -0.1) is 0 Å². The van der Waals surface area contributed by atoms with E-state index in [1.165, 1.54) is 0 Å². The summed E-state index contributed by atoms with van der Waals surface area (Å²) in [6, 6.07) is 14.9. The number of aliphatic hydroxyl groups excluding tert-OH is 1. The molecule has 0 spiro atoms. The van der Waals surface area contributed by atoms with Crippen molar-refractivity contribution in [1.29, 1.82) is 0 Å². The molecule has 0 saturated heterocycles. The number of fused-ring (bicyclic) bond motifs is 1. The van der Waals surface area contributed by atoms with E-state index in [9.17, 15) is 9.90 Å². The average Bonchev–Trinajstić information content (AvgIpc) is 2.54. The van der Waals surface area contributed by atoms with E-state index in [2.05, 4.69) is 11.1 Å². The number of hydrogen-bond acceptors (Lipinski definition) is 3. The standard InChI is InChI=1S/C18H15NO3/c1-11-3-2-4-14-9-15(10-19-16(11)14)12-5-7-13(8-6-12)17(20)18(21)22/h2-10,17,20H,1H3,(H,21,22). The van der Waals surface area contributed by atoms with E-state index in [1.807, 2.05) is 25.1 Å². The van der Waals surface area contributed by atoms with Crippen molar-refractivity contribution in [2.75, 3.05) is 0 Å². The molecule has 0 bridgehead atoms. The molecule has 0 radical (unpaired) electrons. The molecule has 4 nitrogen and oxygen atoms in total. The van der Waals surface area contributed by atoms with Gasteiger partial charge in [0.15, 0.2) is 6.10 Å². The Morgan fingerprint density at radius 3 is 2.50 bits per heavy atom. The summed E-state index contributed by atoms with van der Waals surface area (Å²) in [5.41, 5.74) is 4.35. The van der Waals surface area contributed by atoms with Crippen molar-refractivity contribution in [3.63, 3.8) is 0 Å². The molecule has 0 aliphatic rings. The largest absolute Gasteiger partial charge is 0.479 e. The van der Waals surface area contributed by atoms with Crippen LogP contribution >= 0.6 is 0 Å². The Morgan fingerprint density at radius 1 is 1.09 bits per heavy atom. The van der Waals surface area contributed by atoms with Crippen molar-refractivity contribution in [3.8, 4) is 11.1 Å². The number of para-hydroxylation sites is 1. The van der Waals surface area contributed by atoms with E-state index < -0.39 is 12.1 Å². The minimum atomic E-state index is -1.49. The predicted octanol–water partition coefficient (Wildman–Crippen LogP) is 3.33. The highest BCUT2D eigenvalue weighted by molar-refractivity contribution is 5.85. The third kappa shape index (κ3) is 2.56. The molecule has 0 aliphatic heterocycles. The van der Waals surface area contributed by atoms with Crippen LogP contribution in [0.2, 0.25) is 0 Å². The van der Waals surface area contributed by atoms with Gasteiger partial charge < -0.3 is 10.2 Å². The van der Waals surface area contributed by atoms with Gasteiger partial charge in [-0.25, -0.2) is 4.79 Å². The van der Waals surface area contributed by atoms with Gasteiger partial charge in [0.25, 0.3) is 0 Å². The van der Waals surface area contributed by atoms with Gasteiger partial charge >= 0.3 is 5.97 Å². The van der Waals surface area contributed by atoms with Crippen LogP contribution in [-0.4, -0.2) is 21.2 Å². The molecule has 2 N–H and O–H groups in total. The number of rotatable bonds is 3. The molecule has 4 heteroatoms. The van der Waals surface area contributed by atoms with Crippen molar-refractivity contribution >= 4 is 16.9 Å². The number of carboxylic acids is 1. The lowest BCUT2D eigenvalue weighted by molar-refractivity contribution is -0.146. The molecule has 3 rings (SSSR count). The molecule has 1 heterocycles. The lowest BCUT2D eigenvalue weighted by Crippen LogP contribution is -2.10. The van der Waals surface area contributed by atoms with Crippen LogP contribution in [0.5, 0.6) is 0 Å². The van der Waals surface area contributed by atoms with Gasteiger partial charge in [-0.3, -0.25) is 4.98 Å². The molecule has 0 aliphatic carbocycles. The van der Waals surface area contributed by atoms with Gasteiger partial charge in [0.2, 0.25) is 0 Å². The highest BCUT2D eigenvalue weighted by Gasteiger charge is 2.15. The number of hydrogen-bond donors (Lipinski definition) is 2. The molecule has 0 saturated carbocycles. The first-order valence-corrected chi connectivity index (χ1v) is 6.93. The first-order chi connectivity index (χ1) is 10.6. The summed E-state index contributed by atoms with van der Waals surface area (Å²) in [6.07, 6.45) is 0.309. The third-order valence-corrected chi connectivity index (χ3v) is 3.71. The SMILES string of the molecule is Cc1cccc2cc(-c3ccc(C(O)C(=O)O)cc3)cnc12. The predicted molar refractivity (Wildman–Crippen MR) is 84.5 cm³/mol. The number of nitrogens with zero attached hydrogens (tertiary/aromatic N) is 1. The first-order valence-electron chi connectivity index (χ1n) is 6.93. The van der Waals surface area contributed by atoms with Crippen molar-refractivity contribution in [2.45, 2.75) is 13.0 Å². The van der Waals surface area contributed by atoms with Crippen molar-refractivity contribution in [1.82, 2.24) is 4.98 Å². The molecular formula is C18H15NO3. The number of carbonyl (C=O) groups is 1. The Kier molecular flexibility index (Phi) is 3.61. The number of aromatic nitrogens is 1. The quantitative estimate of drug-likeness (QED) is 0.777. The molecule has 110 valence electrons. The Labute approximate surface area is 127 Å². The van der Waals surface area contributed by atoms with E-state index in [0.29, 0.717) is 5.56 Å². The molecule has 22 heavy (non-hydrogen) atoms. The van der Waals surface area contributed by atoms with E-state index in [1.54, 1.807) is 30.5 Å². The van der Waals surface area contributed by atoms with Crippen LogP contribution in [0.4, 0.5) is 0 Å². The van der Waals surface area contributed by atoms with Crippen LogP contribution < -0.4 is 0 Å². The van der Waals surface area contributed by atoms with Crippen molar-refractivity contribution in [2.24, 2.45) is 0 Å². The van der Waals surface area contributed by atoms with Gasteiger partial charge in [-0.2, -0.15) is 0 Å². The summed E-state index contributed by atoms with van der Waals surface area (Å²) in [5.74, 6) is -1.25. The Hall–Kier alpha value is -2.72. The number of aliphatic carboxylic acids is 1. The summed E-state index contributed by atoms with van der Waals surface area (Å²) in [4.78, 5) is 15.3. The van der Waals surface area contributed by atoms with Crippen LogP contribution in [-0.2, 0) is 4.79 Å². The van der Waals surface area contributed by atoms with Crippen LogP contribution in [0.1, 0.15) is 17.2 Å². The lowest BCUT2D eigenvalue weighted by atomic mass is 10.0. The number of pyridine rings is 1. The summed E-state index contributed by atoms with van der Waals surface area (Å²) in [7, 11) is 0. The molecule has 0 fully saturated rings. The molecule has 1 unspecified atom stereocenters. The highest BCUT2D eigenvalue weighted by atomic mass is 16.4. The van der Waals surface area contributed by atoms with Crippen LogP contribution in [0.3, 0.4) is 0 Å². The van der Waals surface area contributed by atoms with Crippen molar-refractivity contribution < 1.29 is 15.0 Å². The topological polar surface area (TPSA) is 70.4 Å². The maximum atomic E-state index is 10.8. The summed E-state index contributed by atoms with van der Waals surface area (Å²) in [6.45, 7) is 2.02. The smallest absolute Gasteiger partial charge is 0.337 e. The Morgan fingerprint density at radius 2 is 1.82 bits per heavy atom. The maximum Gasteiger partial charge on any atom is 0.337 e. The summed E-state index contributed by atoms with van der Waals surface area (Å²) < 4.78 is 0. The van der Waals surface area contributed by atoms with Gasteiger partial charge in [-0.1, -0.05) is 42.5 Å². The molecule has 1 atom stereocenters. The Bertz CT molecular complexity index is 841. The molecule has 0 amide bonds. The van der Waals surface area contributed by atoms with E-state index >= 15 is 0 Å². The van der Waals surface area contributed by atoms with E-state index in [0.717, 1.165) is 27.6 Å². The fourth-order valence-corrected chi connectivity index (χ4v) is 2.47. The molecule has 3 aromatic rings. The molecule has 2 aromatic carbocycles. The van der Waals surface area contributed by atoms with E-state index in [-0.39, 0.29) is 0 Å². The zero-order valence-corrected chi connectivity index (χ0v) is 12.0. The van der Waals surface area contributed by atoms with Gasteiger partial charge in [-0.05, 0) is 29.7 Å². The summed E-state index contributed by atoms with van der Waals surface area (Å²) in [5, 5.41) is 19.4. The number of aliphatic hydroxyl groups is 1. The molecular weight excluding hydrogens is 278 g/mol. The van der Waals surface area contributed by atoms with Gasteiger partial charge in [0.05, 0.1) is 5.52 Å². The van der Waals surface area contributed by atoms with Crippen LogP contribution in [0.25, 0.3) is 22.0 Å². The second-order valence-corrected chi connectivity index (χ2v) is 5.23. The van der Waals surface area contributed by atoms with Crippen LogP contribution in [0, 0.1) is 6.92 Å². The minimum Gasteiger partial charge on any atom is -0.479 e. The summed E-state index contributed by atoms with van der Waals surface area (Å²) >= 11 is 0. The monoisotopic (exact) mass is 293 g/mol. The van der Waals surface area contributed by atoms with E-state index in [4.69, 9.17) is 5.11 Å². The number of aryl methyl sites for hydroxylation is 1. The van der Waals surface area contributed by atoms with Gasteiger partial charge in [0, 0.05) is 17.1 Å². The lowest BCUT2D eigenvalue weighted by Gasteiger charge is -2.08. The number of benzene rings is 2. The highest BCUT2D eigenvalue weighted by Crippen LogP contribution is 2.25. The van der Waals surface area contributed by atoms with Gasteiger partial charge in [0.1, 0.15) is 0 Å². The zero-order chi connectivity index (χ0) is 15.7. The second-order valence-electron chi connectivity index (χ2n) is 5.23. The van der Waals surface area contributed by atoms with Crippen molar-refractivity contribution in [3.05, 3.63) is 65.9 Å². The zero-order valence-electron chi connectivity index (χ0n) is 12.0. The molecule has 1 aromatic heterocycles. The number of carboxylic acid groups (broad SMARTS) is 1. The average molecular weight is 293 g/mol. The maximum absolute atomic E-state index is 10.8. The Balaban J connectivity index is 1.99. The first kappa shape index (κ1) is 14.2.